The number of hydrogen-bond acceptors (Lipinski definition) is 3. The summed E-state index contributed by atoms with van der Waals surface area (Å²) in [5.74, 6) is -1.21. The van der Waals surface area contributed by atoms with Crippen LogP contribution < -0.4 is 15.2 Å². The van der Waals surface area contributed by atoms with Gasteiger partial charge >= 0.3 is 0 Å². The van der Waals surface area contributed by atoms with Gasteiger partial charge in [-0.3, -0.25) is 0 Å². The first-order chi connectivity index (χ1) is 10.1. The molecule has 0 aliphatic rings. The fourth-order valence-electron chi connectivity index (χ4n) is 1.84. The first-order valence-electron chi connectivity index (χ1n) is 6.19. The molecular formula is C15H14ClF2NO2. The number of nitrogens with two attached hydrogens (primary N) is 1. The van der Waals surface area contributed by atoms with E-state index in [9.17, 15) is 8.78 Å². The fourth-order valence-corrected chi connectivity index (χ4v) is 2.13. The van der Waals surface area contributed by atoms with Gasteiger partial charge in [-0.15, -0.1) is 0 Å². The zero-order chi connectivity index (χ0) is 15.4. The molecule has 0 bridgehead atoms. The van der Waals surface area contributed by atoms with Gasteiger partial charge in [0, 0.05) is 12.1 Å². The molecule has 0 fully saturated rings. The molecule has 3 nitrogen and oxygen atoms in total. The smallest absolute Gasteiger partial charge is 0.180 e. The van der Waals surface area contributed by atoms with Gasteiger partial charge in [0.1, 0.15) is 6.61 Å². The molecule has 0 saturated heterocycles. The summed E-state index contributed by atoms with van der Waals surface area (Å²) in [6.07, 6.45) is 0. The topological polar surface area (TPSA) is 44.5 Å². The van der Waals surface area contributed by atoms with E-state index in [2.05, 4.69) is 0 Å². The largest absolute Gasteiger partial charge is 0.493 e. The van der Waals surface area contributed by atoms with E-state index in [1.54, 1.807) is 12.1 Å². The van der Waals surface area contributed by atoms with Crippen molar-refractivity contribution in [2.75, 3.05) is 7.11 Å². The Bertz CT molecular complexity index is 650. The van der Waals surface area contributed by atoms with Gasteiger partial charge in [0.05, 0.1) is 12.1 Å². The Balaban J connectivity index is 2.25. The predicted octanol–water partition coefficient (Wildman–Crippen LogP) is 3.66. The zero-order valence-corrected chi connectivity index (χ0v) is 12.1. The van der Waals surface area contributed by atoms with Crippen LogP contribution in [0, 0.1) is 11.6 Å². The Hall–Kier alpha value is -1.85. The number of hydrogen-bond donors (Lipinski definition) is 1. The van der Waals surface area contributed by atoms with E-state index in [1.165, 1.54) is 19.2 Å². The van der Waals surface area contributed by atoms with Crippen LogP contribution in [0.3, 0.4) is 0 Å². The maximum Gasteiger partial charge on any atom is 0.180 e. The highest BCUT2D eigenvalue weighted by Crippen LogP contribution is 2.37. The third-order valence-electron chi connectivity index (χ3n) is 2.93. The Morgan fingerprint density at radius 3 is 2.67 bits per heavy atom. The lowest BCUT2D eigenvalue weighted by atomic mass is 10.2. The van der Waals surface area contributed by atoms with Gasteiger partial charge in [0.25, 0.3) is 0 Å². The third-order valence-corrected chi connectivity index (χ3v) is 3.21. The predicted molar refractivity (Wildman–Crippen MR) is 76.6 cm³/mol. The summed E-state index contributed by atoms with van der Waals surface area (Å²) < 4.78 is 37.4. The van der Waals surface area contributed by atoms with E-state index in [4.69, 9.17) is 26.8 Å². The third kappa shape index (κ3) is 3.43. The summed E-state index contributed by atoms with van der Waals surface area (Å²) in [5, 5.41) is 0.298. The Morgan fingerprint density at radius 2 is 2.00 bits per heavy atom. The van der Waals surface area contributed by atoms with Crippen LogP contribution in [0.15, 0.2) is 30.3 Å². The van der Waals surface area contributed by atoms with Gasteiger partial charge in [0.15, 0.2) is 23.1 Å². The van der Waals surface area contributed by atoms with E-state index < -0.39 is 11.6 Å². The zero-order valence-electron chi connectivity index (χ0n) is 11.3. The van der Waals surface area contributed by atoms with Gasteiger partial charge in [-0.2, -0.15) is 0 Å². The van der Waals surface area contributed by atoms with Crippen molar-refractivity contribution in [2.24, 2.45) is 5.73 Å². The van der Waals surface area contributed by atoms with Gasteiger partial charge in [0.2, 0.25) is 0 Å². The number of benzene rings is 2. The summed E-state index contributed by atoms with van der Waals surface area (Å²) >= 11 is 6.10. The van der Waals surface area contributed by atoms with Crippen LogP contribution in [0.2, 0.25) is 5.02 Å². The lowest BCUT2D eigenvalue weighted by Crippen LogP contribution is -2.03. The van der Waals surface area contributed by atoms with Crippen molar-refractivity contribution in [1.82, 2.24) is 0 Å². The summed E-state index contributed by atoms with van der Waals surface area (Å²) in [6.45, 7) is 0.135. The Morgan fingerprint density at radius 1 is 1.24 bits per heavy atom. The van der Waals surface area contributed by atoms with Crippen LogP contribution in [0.4, 0.5) is 8.78 Å². The van der Waals surface area contributed by atoms with Crippen LogP contribution >= 0.6 is 11.6 Å². The maximum atomic E-state index is 13.6. The molecule has 2 aromatic rings. The minimum absolute atomic E-state index is 0.0935. The molecule has 0 atom stereocenters. The molecular weight excluding hydrogens is 300 g/mol. The van der Waals surface area contributed by atoms with E-state index in [0.717, 1.165) is 11.6 Å². The quantitative estimate of drug-likeness (QED) is 0.916. The summed E-state index contributed by atoms with van der Waals surface area (Å²) in [5.41, 5.74) is 6.42. The molecule has 112 valence electrons. The van der Waals surface area contributed by atoms with E-state index in [1.807, 2.05) is 0 Å². The SMILES string of the molecule is COc1cc(CN)cc(Cl)c1OCc1cccc(F)c1F. The molecule has 0 aromatic heterocycles. The molecule has 2 aromatic carbocycles. The number of halogens is 3. The minimum atomic E-state index is -0.939. The van der Waals surface area contributed by atoms with E-state index in [-0.39, 0.29) is 17.9 Å². The highest BCUT2D eigenvalue weighted by molar-refractivity contribution is 6.32. The molecule has 0 radical (unpaired) electrons. The van der Waals surface area contributed by atoms with Gasteiger partial charge in [-0.1, -0.05) is 23.7 Å². The molecule has 0 aliphatic carbocycles. The lowest BCUT2D eigenvalue weighted by Gasteiger charge is -2.14. The van der Waals surface area contributed by atoms with Crippen molar-refractivity contribution < 1.29 is 18.3 Å². The first kappa shape index (κ1) is 15.5. The fraction of sp³-hybridized carbons (Fsp3) is 0.200. The summed E-state index contributed by atoms with van der Waals surface area (Å²) in [7, 11) is 1.46. The molecule has 2 N–H and O–H groups in total. The summed E-state index contributed by atoms with van der Waals surface area (Å²) in [4.78, 5) is 0. The molecule has 0 amide bonds. The highest BCUT2D eigenvalue weighted by Gasteiger charge is 2.14. The lowest BCUT2D eigenvalue weighted by molar-refractivity contribution is 0.278. The van der Waals surface area contributed by atoms with Crippen LogP contribution in [0.1, 0.15) is 11.1 Å². The van der Waals surface area contributed by atoms with Gasteiger partial charge in [-0.05, 0) is 23.8 Å². The van der Waals surface area contributed by atoms with Gasteiger partial charge in [-0.25, -0.2) is 8.78 Å². The summed E-state index contributed by atoms with van der Waals surface area (Å²) in [6, 6.07) is 7.22. The normalized spacial score (nSPS) is 10.5. The van der Waals surface area contributed by atoms with Crippen LogP contribution in [0.5, 0.6) is 11.5 Å². The highest BCUT2D eigenvalue weighted by atomic mass is 35.5. The second kappa shape index (κ2) is 6.74. The van der Waals surface area contributed by atoms with Crippen molar-refractivity contribution >= 4 is 11.6 Å². The van der Waals surface area contributed by atoms with Crippen LogP contribution in [-0.4, -0.2) is 7.11 Å². The average Bonchev–Trinajstić information content (AvgIpc) is 2.49. The van der Waals surface area contributed by atoms with Crippen LogP contribution in [-0.2, 0) is 13.2 Å². The number of methoxy groups -OCH3 is 1. The first-order valence-corrected chi connectivity index (χ1v) is 6.56. The maximum absolute atomic E-state index is 13.6. The molecule has 2 rings (SSSR count). The van der Waals surface area contributed by atoms with Crippen LogP contribution in [0.25, 0.3) is 0 Å². The Labute approximate surface area is 126 Å². The average molecular weight is 314 g/mol. The Kier molecular flexibility index (Phi) is 4.98. The van der Waals surface area contributed by atoms with Crippen molar-refractivity contribution in [3.8, 4) is 11.5 Å². The second-order valence-electron chi connectivity index (χ2n) is 4.31. The molecule has 6 heteroatoms. The van der Waals surface area contributed by atoms with Crippen molar-refractivity contribution in [3.63, 3.8) is 0 Å². The second-order valence-corrected chi connectivity index (χ2v) is 4.72. The monoisotopic (exact) mass is 313 g/mol. The number of rotatable bonds is 5. The molecule has 0 heterocycles. The molecule has 0 spiro atoms. The van der Waals surface area contributed by atoms with Crippen molar-refractivity contribution in [3.05, 3.63) is 58.1 Å². The van der Waals surface area contributed by atoms with E-state index >= 15 is 0 Å². The molecule has 0 unspecified atom stereocenters. The van der Waals surface area contributed by atoms with Crippen molar-refractivity contribution in [1.29, 1.82) is 0 Å². The standard InChI is InChI=1S/C15H14ClF2NO2/c1-20-13-6-9(7-19)5-11(16)15(13)21-8-10-3-2-4-12(17)14(10)18/h2-6H,7-8,19H2,1H3. The minimum Gasteiger partial charge on any atom is -0.493 e. The number of ether oxygens (including phenoxy) is 2. The molecule has 0 aliphatic heterocycles. The molecule has 0 saturated carbocycles. The molecule has 21 heavy (non-hydrogen) atoms. The van der Waals surface area contributed by atoms with Gasteiger partial charge < -0.3 is 15.2 Å². The van der Waals surface area contributed by atoms with Crippen molar-refractivity contribution in [2.45, 2.75) is 13.2 Å². The van der Waals surface area contributed by atoms with E-state index in [0.29, 0.717) is 17.3 Å².